The van der Waals surface area contributed by atoms with Crippen molar-refractivity contribution >= 4 is 11.6 Å². The number of nitrogens with two attached hydrogens (primary N) is 1. The molecule has 0 spiro atoms. The Morgan fingerprint density at radius 1 is 1.17 bits per heavy atom. The van der Waals surface area contributed by atoms with Crippen LogP contribution < -0.4 is 5.73 Å². The van der Waals surface area contributed by atoms with Gasteiger partial charge in [0.2, 0.25) is 0 Å². The van der Waals surface area contributed by atoms with Gasteiger partial charge >= 0.3 is 0 Å². The monoisotopic (exact) mass is 248 g/mol. The maximum atomic E-state index is 13.4. The predicted octanol–water partition coefficient (Wildman–Crippen LogP) is 2.37. The molecule has 5 heteroatoms. The highest BCUT2D eigenvalue weighted by Crippen LogP contribution is 2.17. The van der Waals surface area contributed by atoms with Crippen molar-refractivity contribution in [2.75, 3.05) is 5.73 Å². The van der Waals surface area contributed by atoms with Gasteiger partial charge in [-0.05, 0) is 18.2 Å². The summed E-state index contributed by atoms with van der Waals surface area (Å²) in [6.07, 6.45) is 1.30. The molecule has 0 saturated heterocycles. The summed E-state index contributed by atoms with van der Waals surface area (Å²) in [6.45, 7) is 0. The second-order valence-corrected chi connectivity index (χ2v) is 3.74. The molecule has 2 N–H and O–H groups in total. The number of aromatic nitrogens is 1. The zero-order valence-corrected chi connectivity index (χ0v) is 9.36. The smallest absolute Gasteiger partial charge is 0.173 e. The number of hydrogen-bond acceptors (Lipinski definition) is 3. The summed E-state index contributed by atoms with van der Waals surface area (Å²) in [5.74, 6) is -2.22. The van der Waals surface area contributed by atoms with E-state index in [2.05, 4.69) is 4.98 Å². The third-order valence-corrected chi connectivity index (χ3v) is 2.52. The fraction of sp³-hybridized carbons (Fsp3) is 0.0769. The molecule has 0 aliphatic carbocycles. The number of hydrogen-bond donors (Lipinski definition) is 1. The molecule has 1 heterocycles. The van der Waals surface area contributed by atoms with E-state index in [1.807, 2.05) is 0 Å². The Bertz CT molecular complexity index is 579. The minimum absolute atomic E-state index is 0.183. The van der Waals surface area contributed by atoms with Crippen molar-refractivity contribution in [2.45, 2.75) is 6.42 Å². The van der Waals surface area contributed by atoms with Crippen LogP contribution in [0.1, 0.15) is 15.9 Å². The number of benzene rings is 1. The highest BCUT2D eigenvalue weighted by molar-refractivity contribution is 5.98. The average molecular weight is 248 g/mol. The number of anilines is 1. The van der Waals surface area contributed by atoms with E-state index in [0.717, 1.165) is 12.1 Å². The molecule has 0 fully saturated rings. The summed E-state index contributed by atoms with van der Waals surface area (Å²) in [5, 5.41) is 0. The topological polar surface area (TPSA) is 56.0 Å². The van der Waals surface area contributed by atoms with Crippen molar-refractivity contribution in [3.8, 4) is 0 Å². The highest BCUT2D eigenvalue weighted by atomic mass is 19.1. The van der Waals surface area contributed by atoms with E-state index < -0.39 is 23.0 Å². The lowest BCUT2D eigenvalue weighted by molar-refractivity contribution is 0.0985. The molecule has 0 amide bonds. The second kappa shape index (κ2) is 4.91. The lowest BCUT2D eigenvalue weighted by atomic mass is 10.0. The summed E-state index contributed by atoms with van der Waals surface area (Å²) in [5.41, 5.74) is 5.48. The van der Waals surface area contributed by atoms with Crippen LogP contribution >= 0.6 is 0 Å². The third-order valence-electron chi connectivity index (χ3n) is 2.52. The molecule has 0 bridgehead atoms. The van der Waals surface area contributed by atoms with E-state index >= 15 is 0 Å². The summed E-state index contributed by atoms with van der Waals surface area (Å²) in [7, 11) is 0. The number of ketones is 1. The molecule has 0 unspecified atom stereocenters. The van der Waals surface area contributed by atoms with Gasteiger partial charge in [0, 0.05) is 18.2 Å². The van der Waals surface area contributed by atoms with E-state index in [0.29, 0.717) is 5.56 Å². The Morgan fingerprint density at radius 2 is 1.83 bits per heavy atom. The Kier molecular flexibility index (Phi) is 3.32. The van der Waals surface area contributed by atoms with Crippen molar-refractivity contribution in [2.24, 2.45) is 0 Å². The van der Waals surface area contributed by atoms with E-state index in [-0.39, 0.29) is 12.2 Å². The molecule has 0 radical (unpaired) electrons. The van der Waals surface area contributed by atoms with E-state index in [1.165, 1.54) is 12.3 Å². The van der Waals surface area contributed by atoms with E-state index in [1.54, 1.807) is 12.1 Å². The first-order valence-electron chi connectivity index (χ1n) is 5.26. The van der Waals surface area contributed by atoms with Gasteiger partial charge in [-0.3, -0.25) is 4.79 Å². The first kappa shape index (κ1) is 12.2. The predicted molar refractivity (Wildman–Crippen MR) is 63.0 cm³/mol. The molecule has 0 aliphatic heterocycles. The number of rotatable bonds is 3. The quantitative estimate of drug-likeness (QED) is 0.848. The highest BCUT2D eigenvalue weighted by Gasteiger charge is 2.18. The minimum atomic E-state index is -0.873. The Balaban J connectivity index is 2.31. The van der Waals surface area contributed by atoms with Gasteiger partial charge in [0.25, 0.3) is 0 Å². The van der Waals surface area contributed by atoms with Crippen molar-refractivity contribution < 1.29 is 13.6 Å². The molecule has 18 heavy (non-hydrogen) atoms. The van der Waals surface area contributed by atoms with Crippen LogP contribution in [0.3, 0.4) is 0 Å². The van der Waals surface area contributed by atoms with E-state index in [9.17, 15) is 13.6 Å². The largest absolute Gasteiger partial charge is 0.383 e. The Morgan fingerprint density at radius 3 is 2.44 bits per heavy atom. The van der Waals surface area contributed by atoms with Crippen LogP contribution in [-0.4, -0.2) is 10.8 Å². The maximum Gasteiger partial charge on any atom is 0.173 e. The van der Waals surface area contributed by atoms with Crippen LogP contribution in [0.5, 0.6) is 0 Å². The number of halogens is 2. The molecule has 1 aromatic heterocycles. The zero-order chi connectivity index (χ0) is 13.1. The first-order valence-corrected chi connectivity index (χ1v) is 5.26. The van der Waals surface area contributed by atoms with Crippen LogP contribution in [0.4, 0.5) is 14.6 Å². The lowest BCUT2D eigenvalue weighted by Crippen LogP contribution is -2.10. The molecule has 3 nitrogen and oxygen atoms in total. The molecule has 2 aromatic rings. The zero-order valence-electron chi connectivity index (χ0n) is 9.36. The van der Waals surface area contributed by atoms with Crippen LogP contribution in [-0.2, 0) is 6.42 Å². The molecule has 2 rings (SSSR count). The molecular weight excluding hydrogens is 238 g/mol. The molecule has 0 aliphatic rings. The fourth-order valence-electron chi connectivity index (χ4n) is 1.63. The van der Waals surface area contributed by atoms with Crippen LogP contribution in [0, 0.1) is 11.6 Å². The van der Waals surface area contributed by atoms with Crippen LogP contribution in [0.2, 0.25) is 0 Å². The molecule has 0 saturated carbocycles. The number of Topliss-reactive ketones (excluding diaryl/α,β-unsaturated/α-hetero) is 1. The summed E-state index contributed by atoms with van der Waals surface area (Å²) < 4.78 is 26.8. The number of carbonyl (C=O) groups excluding carboxylic acids is 1. The number of pyridine rings is 1. The summed E-state index contributed by atoms with van der Waals surface area (Å²) in [4.78, 5) is 15.7. The fourth-order valence-corrected chi connectivity index (χ4v) is 1.63. The summed E-state index contributed by atoms with van der Waals surface area (Å²) in [6, 6.07) is 6.50. The number of nitrogen functional groups attached to an aromatic ring is 1. The van der Waals surface area contributed by atoms with Gasteiger partial charge in [-0.2, -0.15) is 0 Å². The van der Waals surface area contributed by atoms with Crippen LogP contribution in [0.15, 0.2) is 36.5 Å². The molecule has 92 valence electrons. The lowest BCUT2D eigenvalue weighted by Gasteiger charge is -2.05. The van der Waals surface area contributed by atoms with Crippen molar-refractivity contribution in [1.29, 1.82) is 0 Å². The van der Waals surface area contributed by atoms with Crippen molar-refractivity contribution in [1.82, 2.24) is 4.98 Å². The van der Waals surface area contributed by atoms with Gasteiger partial charge in [-0.1, -0.05) is 12.1 Å². The number of nitrogens with zero attached hydrogens (tertiary/aromatic N) is 1. The first-order chi connectivity index (χ1) is 8.59. The van der Waals surface area contributed by atoms with Gasteiger partial charge in [-0.15, -0.1) is 0 Å². The molecule has 0 atom stereocenters. The standard InChI is InChI=1S/C13H10F2N2O/c14-9-4-1-5-10(15)12(9)11(18)7-8-3-2-6-17-13(8)16/h1-6H,7H2,(H2,16,17). The molecular formula is C13H10F2N2O. The maximum absolute atomic E-state index is 13.4. The normalized spacial score (nSPS) is 10.3. The number of carbonyl (C=O) groups is 1. The van der Waals surface area contributed by atoms with Crippen molar-refractivity contribution in [3.63, 3.8) is 0 Å². The molecule has 1 aromatic carbocycles. The van der Waals surface area contributed by atoms with Crippen LogP contribution in [0.25, 0.3) is 0 Å². The van der Waals surface area contributed by atoms with Gasteiger partial charge in [-0.25, -0.2) is 13.8 Å². The Hall–Kier alpha value is -2.30. The average Bonchev–Trinajstić information content (AvgIpc) is 2.32. The van der Waals surface area contributed by atoms with Gasteiger partial charge in [0.05, 0.1) is 5.56 Å². The van der Waals surface area contributed by atoms with Gasteiger partial charge in [0.1, 0.15) is 17.5 Å². The summed E-state index contributed by atoms with van der Waals surface area (Å²) >= 11 is 0. The SMILES string of the molecule is Nc1ncccc1CC(=O)c1c(F)cccc1F. The Labute approximate surface area is 102 Å². The second-order valence-electron chi connectivity index (χ2n) is 3.74. The van der Waals surface area contributed by atoms with E-state index in [4.69, 9.17) is 5.73 Å². The van der Waals surface area contributed by atoms with Gasteiger partial charge < -0.3 is 5.73 Å². The van der Waals surface area contributed by atoms with Crippen molar-refractivity contribution in [3.05, 3.63) is 59.3 Å². The third kappa shape index (κ3) is 2.34. The minimum Gasteiger partial charge on any atom is -0.383 e. The van der Waals surface area contributed by atoms with Gasteiger partial charge in [0.15, 0.2) is 5.78 Å².